The molecule has 1 fully saturated rings. The Labute approximate surface area is 260 Å². The summed E-state index contributed by atoms with van der Waals surface area (Å²) in [7, 11) is 0. The van der Waals surface area contributed by atoms with Gasteiger partial charge in [-0.15, -0.1) is 0 Å². The molecule has 1 aromatic heterocycles. The maximum absolute atomic E-state index is 13.5. The van der Waals surface area contributed by atoms with Gasteiger partial charge in [0, 0.05) is 25.4 Å². The summed E-state index contributed by atoms with van der Waals surface area (Å²) < 4.78 is 84.5. The van der Waals surface area contributed by atoms with Gasteiger partial charge in [0.05, 0.1) is 22.7 Å². The minimum Gasteiger partial charge on any atom is -0.351 e. The highest BCUT2D eigenvalue weighted by Gasteiger charge is 2.43. The number of hydrogen-bond acceptors (Lipinski definition) is 5. The van der Waals surface area contributed by atoms with Crippen molar-refractivity contribution >= 4 is 34.4 Å². The van der Waals surface area contributed by atoms with Gasteiger partial charge < -0.3 is 15.5 Å². The maximum atomic E-state index is 13.5. The zero-order chi connectivity index (χ0) is 32.6. The zero-order valence-electron chi connectivity index (χ0n) is 24.6. The van der Waals surface area contributed by atoms with Crippen LogP contribution in [0.5, 0.6) is 0 Å². The standard InChI is InChI=1S/C32H32F6N4O2S/c1-19-18-42(12-10-30(19)9-7-22-5-3-4-6-26(22)30)11-8-25(27-16-28(45-41-27)40-20(2)43)29(44)39-17-21-13-23(31(33,34)35)15-24(14-21)32(36,37)38/h3-7,9,13-16,19,25H,8,10-12,17-18H2,1-2H3,(H,39,44)(H,40,43)/t19-,25?,30-/m0/s1. The third-order valence-corrected chi connectivity index (χ3v) is 9.34. The monoisotopic (exact) mass is 650 g/mol. The highest BCUT2D eigenvalue weighted by molar-refractivity contribution is 7.10. The summed E-state index contributed by atoms with van der Waals surface area (Å²) >= 11 is 0.982. The molecule has 2 aromatic carbocycles. The summed E-state index contributed by atoms with van der Waals surface area (Å²) in [5, 5.41) is 5.57. The fourth-order valence-electron chi connectivity index (χ4n) is 6.32. The lowest BCUT2D eigenvalue weighted by Gasteiger charge is -2.44. The largest absolute Gasteiger partial charge is 0.416 e. The molecule has 2 aliphatic rings. The van der Waals surface area contributed by atoms with Crippen molar-refractivity contribution in [2.24, 2.45) is 5.92 Å². The van der Waals surface area contributed by atoms with Gasteiger partial charge in [0.1, 0.15) is 5.00 Å². The first-order chi connectivity index (χ1) is 21.2. The van der Waals surface area contributed by atoms with E-state index in [1.807, 2.05) is 12.1 Å². The van der Waals surface area contributed by atoms with E-state index >= 15 is 0 Å². The van der Waals surface area contributed by atoms with Gasteiger partial charge in [-0.05, 0) is 84.3 Å². The summed E-state index contributed by atoms with van der Waals surface area (Å²) in [6.07, 6.45) is -4.35. The molecule has 0 saturated carbocycles. The van der Waals surface area contributed by atoms with E-state index < -0.39 is 41.8 Å². The van der Waals surface area contributed by atoms with Gasteiger partial charge in [0.2, 0.25) is 11.8 Å². The average molecular weight is 651 g/mol. The van der Waals surface area contributed by atoms with Crippen molar-refractivity contribution in [1.82, 2.24) is 14.6 Å². The Morgan fingerprint density at radius 1 is 1.07 bits per heavy atom. The van der Waals surface area contributed by atoms with Gasteiger partial charge >= 0.3 is 12.4 Å². The highest BCUT2D eigenvalue weighted by Crippen LogP contribution is 2.47. The normalized spacial score (nSPS) is 20.7. The Hall–Kier alpha value is -3.71. The van der Waals surface area contributed by atoms with Gasteiger partial charge in [0.25, 0.3) is 0 Å². The molecule has 1 saturated heterocycles. The van der Waals surface area contributed by atoms with Crippen LogP contribution in [-0.2, 0) is 33.9 Å². The van der Waals surface area contributed by atoms with Crippen molar-refractivity contribution in [1.29, 1.82) is 0 Å². The molecule has 5 rings (SSSR count). The molecular formula is C32H32F6N4O2S. The zero-order valence-corrected chi connectivity index (χ0v) is 25.4. The molecule has 0 radical (unpaired) electrons. The number of fused-ring (bicyclic) bond motifs is 2. The molecular weight excluding hydrogens is 618 g/mol. The van der Waals surface area contributed by atoms with Crippen LogP contribution >= 0.6 is 11.5 Å². The third-order valence-electron chi connectivity index (χ3n) is 8.63. The number of likely N-dealkylation sites (tertiary alicyclic amines) is 1. The number of hydrogen-bond donors (Lipinski definition) is 2. The summed E-state index contributed by atoms with van der Waals surface area (Å²) in [6, 6.07) is 11.2. The van der Waals surface area contributed by atoms with Crippen molar-refractivity contribution in [3.05, 3.63) is 88.1 Å². The molecule has 0 bridgehead atoms. The Morgan fingerprint density at radius 2 is 1.76 bits per heavy atom. The number of nitrogens with one attached hydrogen (secondary N) is 2. The van der Waals surface area contributed by atoms with Gasteiger partial charge in [-0.1, -0.05) is 43.3 Å². The summed E-state index contributed by atoms with van der Waals surface area (Å²) in [6.45, 7) is 5.05. The first kappa shape index (κ1) is 32.7. The van der Waals surface area contributed by atoms with E-state index in [9.17, 15) is 35.9 Å². The van der Waals surface area contributed by atoms with Gasteiger partial charge in [-0.2, -0.15) is 30.7 Å². The van der Waals surface area contributed by atoms with Crippen LogP contribution in [0.25, 0.3) is 6.08 Å². The number of amides is 2. The van der Waals surface area contributed by atoms with E-state index in [4.69, 9.17) is 0 Å². The Morgan fingerprint density at radius 3 is 2.40 bits per heavy atom. The predicted molar refractivity (Wildman–Crippen MR) is 159 cm³/mol. The Bertz CT molecular complexity index is 1570. The van der Waals surface area contributed by atoms with Gasteiger partial charge in [-0.25, -0.2) is 0 Å². The molecule has 13 heteroatoms. The molecule has 1 unspecified atom stereocenters. The van der Waals surface area contributed by atoms with E-state index in [2.05, 4.69) is 51.1 Å². The third kappa shape index (κ3) is 7.25. The number of piperidine rings is 1. The molecule has 45 heavy (non-hydrogen) atoms. The van der Waals surface area contributed by atoms with Crippen LogP contribution in [0.3, 0.4) is 0 Å². The number of benzene rings is 2. The smallest absolute Gasteiger partial charge is 0.351 e. The summed E-state index contributed by atoms with van der Waals surface area (Å²) in [5.74, 6) is -1.48. The minimum absolute atomic E-state index is 0.0522. The van der Waals surface area contributed by atoms with Crippen LogP contribution in [0.15, 0.2) is 54.6 Å². The Kier molecular flexibility index (Phi) is 9.14. The van der Waals surface area contributed by atoms with Crippen LogP contribution in [-0.4, -0.2) is 40.7 Å². The van der Waals surface area contributed by atoms with E-state index in [-0.39, 0.29) is 28.9 Å². The summed E-state index contributed by atoms with van der Waals surface area (Å²) in [5.41, 5.74) is -0.408. The van der Waals surface area contributed by atoms with Crippen molar-refractivity contribution in [2.45, 2.75) is 56.9 Å². The Balaban J connectivity index is 1.31. The first-order valence-corrected chi connectivity index (χ1v) is 15.2. The van der Waals surface area contributed by atoms with Gasteiger partial charge in [-0.3, -0.25) is 9.59 Å². The number of alkyl halides is 6. The van der Waals surface area contributed by atoms with Crippen molar-refractivity contribution < 1.29 is 35.9 Å². The quantitative estimate of drug-likeness (QED) is 0.252. The number of nitrogens with zero attached hydrogens (tertiary/aromatic N) is 2. The number of carbonyl (C=O) groups excluding carboxylic acids is 2. The van der Waals surface area contributed by atoms with E-state index in [1.54, 1.807) is 6.07 Å². The van der Waals surface area contributed by atoms with E-state index in [0.29, 0.717) is 35.8 Å². The van der Waals surface area contributed by atoms with Crippen molar-refractivity contribution in [2.75, 3.05) is 25.0 Å². The van der Waals surface area contributed by atoms with Crippen LogP contribution in [0.4, 0.5) is 31.3 Å². The number of anilines is 1. The number of aromatic nitrogens is 1. The molecule has 3 aromatic rings. The molecule has 1 spiro atoms. The number of halogens is 6. The van der Waals surface area contributed by atoms with E-state index in [1.165, 1.54) is 18.1 Å². The number of rotatable bonds is 8. The SMILES string of the molecule is CC(=O)Nc1cc(C(CCN2CC[C@@]3(C=Cc4ccccc43)[C@@H](C)C2)C(=O)NCc2cc(C(F)(F)F)cc(C(F)(F)F)c2)ns1. The minimum atomic E-state index is -5.00. The van der Waals surface area contributed by atoms with E-state index in [0.717, 1.165) is 31.0 Å². The second-order valence-corrected chi connectivity index (χ2v) is 12.5. The van der Waals surface area contributed by atoms with Crippen molar-refractivity contribution in [3.8, 4) is 0 Å². The fourth-order valence-corrected chi connectivity index (χ4v) is 7.07. The van der Waals surface area contributed by atoms with Crippen LogP contribution < -0.4 is 10.6 Å². The van der Waals surface area contributed by atoms with Crippen LogP contribution in [0.1, 0.15) is 66.1 Å². The second kappa shape index (κ2) is 12.6. The average Bonchev–Trinajstić information content (AvgIpc) is 3.58. The maximum Gasteiger partial charge on any atom is 0.416 e. The highest BCUT2D eigenvalue weighted by atomic mass is 32.1. The predicted octanol–water partition coefficient (Wildman–Crippen LogP) is 7.24. The molecule has 2 heterocycles. The number of carbonyl (C=O) groups is 2. The molecule has 240 valence electrons. The lowest BCUT2D eigenvalue weighted by atomic mass is 9.68. The fraction of sp³-hybridized carbons (Fsp3) is 0.406. The molecule has 2 N–H and O–H groups in total. The molecule has 6 nitrogen and oxygen atoms in total. The lowest BCUT2D eigenvalue weighted by molar-refractivity contribution is -0.143. The lowest BCUT2D eigenvalue weighted by Crippen LogP contribution is -2.48. The van der Waals surface area contributed by atoms with Crippen LogP contribution in [0, 0.1) is 5.92 Å². The summed E-state index contributed by atoms with van der Waals surface area (Å²) in [4.78, 5) is 27.3. The first-order valence-electron chi connectivity index (χ1n) is 14.5. The van der Waals surface area contributed by atoms with Crippen molar-refractivity contribution in [3.63, 3.8) is 0 Å². The molecule has 3 atom stereocenters. The molecule has 1 aliphatic carbocycles. The van der Waals surface area contributed by atoms with Crippen LogP contribution in [0.2, 0.25) is 0 Å². The number of allylic oxidation sites excluding steroid dienone is 1. The topological polar surface area (TPSA) is 74.3 Å². The molecule has 2 amide bonds. The molecule has 1 aliphatic heterocycles. The second-order valence-electron chi connectivity index (χ2n) is 11.7. The van der Waals surface area contributed by atoms with Gasteiger partial charge in [0.15, 0.2) is 0 Å².